The van der Waals surface area contributed by atoms with E-state index < -0.39 is 0 Å². The predicted molar refractivity (Wildman–Crippen MR) is 94.8 cm³/mol. The highest BCUT2D eigenvalue weighted by Gasteiger charge is 2.00. The van der Waals surface area contributed by atoms with Crippen molar-refractivity contribution in [1.29, 1.82) is 0 Å². The van der Waals surface area contributed by atoms with Gasteiger partial charge in [-0.2, -0.15) is 5.10 Å². The largest absolute Gasteiger partial charge is 0.381 e. The number of aryl methyl sites for hydroxylation is 1. The number of anilines is 1. The van der Waals surface area contributed by atoms with Crippen LogP contribution >= 0.6 is 22.6 Å². The van der Waals surface area contributed by atoms with Gasteiger partial charge in [0.2, 0.25) is 0 Å². The molecule has 3 rings (SSSR count). The minimum atomic E-state index is 0.820. The number of halogens is 1. The first-order valence-corrected chi connectivity index (χ1v) is 7.89. The third kappa shape index (κ3) is 3.44. The maximum atomic E-state index is 4.23. The minimum absolute atomic E-state index is 0.820. The first-order valence-electron chi connectivity index (χ1n) is 6.81. The van der Waals surface area contributed by atoms with Gasteiger partial charge in [-0.05, 0) is 77.0 Å². The van der Waals surface area contributed by atoms with Crippen molar-refractivity contribution in [3.05, 3.63) is 75.6 Å². The Morgan fingerprint density at radius 3 is 2.62 bits per heavy atom. The Morgan fingerprint density at radius 1 is 1.14 bits per heavy atom. The lowest BCUT2D eigenvalue weighted by atomic mass is 10.1. The summed E-state index contributed by atoms with van der Waals surface area (Å²) in [5.74, 6) is 0. The van der Waals surface area contributed by atoms with E-state index in [1.807, 2.05) is 16.9 Å². The zero-order chi connectivity index (χ0) is 14.7. The van der Waals surface area contributed by atoms with E-state index in [-0.39, 0.29) is 0 Å². The van der Waals surface area contributed by atoms with Crippen molar-refractivity contribution in [3.63, 3.8) is 0 Å². The van der Waals surface area contributed by atoms with Gasteiger partial charge in [0.15, 0.2) is 0 Å². The lowest BCUT2D eigenvalue weighted by Gasteiger charge is -2.10. The average molecular weight is 389 g/mol. The van der Waals surface area contributed by atoms with Crippen LogP contribution in [0.4, 0.5) is 5.69 Å². The van der Waals surface area contributed by atoms with E-state index in [1.54, 1.807) is 6.20 Å². The SMILES string of the molecule is Cc1cc(I)ccc1NCc1ccc(-n2cccn2)cc1. The second kappa shape index (κ2) is 6.30. The summed E-state index contributed by atoms with van der Waals surface area (Å²) in [7, 11) is 0. The van der Waals surface area contributed by atoms with Crippen molar-refractivity contribution in [2.75, 3.05) is 5.32 Å². The van der Waals surface area contributed by atoms with Gasteiger partial charge in [0, 0.05) is 28.2 Å². The maximum absolute atomic E-state index is 4.23. The van der Waals surface area contributed by atoms with Gasteiger partial charge in [0.05, 0.1) is 5.69 Å². The topological polar surface area (TPSA) is 29.9 Å². The number of nitrogens with one attached hydrogen (secondary N) is 1. The third-order valence-electron chi connectivity index (χ3n) is 3.38. The van der Waals surface area contributed by atoms with E-state index in [0.29, 0.717) is 0 Å². The Labute approximate surface area is 138 Å². The molecule has 4 heteroatoms. The normalized spacial score (nSPS) is 10.6. The van der Waals surface area contributed by atoms with Crippen LogP contribution in [0, 0.1) is 10.5 Å². The van der Waals surface area contributed by atoms with E-state index in [9.17, 15) is 0 Å². The van der Waals surface area contributed by atoms with E-state index in [0.717, 1.165) is 12.2 Å². The zero-order valence-electron chi connectivity index (χ0n) is 11.8. The first-order chi connectivity index (χ1) is 10.2. The lowest BCUT2D eigenvalue weighted by molar-refractivity contribution is 0.879. The summed E-state index contributed by atoms with van der Waals surface area (Å²) in [6.07, 6.45) is 3.73. The van der Waals surface area contributed by atoms with Gasteiger partial charge in [0.1, 0.15) is 0 Å². The molecule has 0 saturated carbocycles. The molecule has 0 amide bonds. The van der Waals surface area contributed by atoms with Crippen molar-refractivity contribution in [2.45, 2.75) is 13.5 Å². The molecular weight excluding hydrogens is 373 g/mol. The second-order valence-corrected chi connectivity index (χ2v) is 6.18. The highest BCUT2D eigenvalue weighted by atomic mass is 127. The fraction of sp³-hybridized carbons (Fsp3) is 0.118. The molecule has 1 N–H and O–H groups in total. The molecule has 1 aromatic heterocycles. The summed E-state index contributed by atoms with van der Waals surface area (Å²) < 4.78 is 3.12. The number of nitrogens with zero attached hydrogens (tertiary/aromatic N) is 2. The highest BCUT2D eigenvalue weighted by Crippen LogP contribution is 2.19. The van der Waals surface area contributed by atoms with Gasteiger partial charge in [-0.3, -0.25) is 0 Å². The maximum Gasteiger partial charge on any atom is 0.0645 e. The molecule has 0 bridgehead atoms. The number of aromatic nitrogens is 2. The smallest absolute Gasteiger partial charge is 0.0645 e. The van der Waals surface area contributed by atoms with Gasteiger partial charge < -0.3 is 5.32 Å². The van der Waals surface area contributed by atoms with Crippen LogP contribution in [0.15, 0.2) is 60.9 Å². The molecule has 2 aromatic carbocycles. The Balaban J connectivity index is 1.68. The molecule has 0 aliphatic rings. The van der Waals surface area contributed by atoms with Gasteiger partial charge in [0.25, 0.3) is 0 Å². The Bertz CT molecular complexity index is 718. The van der Waals surface area contributed by atoms with Crippen LogP contribution in [0.2, 0.25) is 0 Å². The number of hydrogen-bond acceptors (Lipinski definition) is 2. The van der Waals surface area contributed by atoms with E-state index in [4.69, 9.17) is 0 Å². The molecule has 0 radical (unpaired) electrons. The van der Waals surface area contributed by atoms with Crippen molar-refractivity contribution in [1.82, 2.24) is 9.78 Å². The summed E-state index contributed by atoms with van der Waals surface area (Å²) in [5, 5.41) is 7.71. The molecule has 106 valence electrons. The summed E-state index contributed by atoms with van der Waals surface area (Å²) in [4.78, 5) is 0. The molecule has 21 heavy (non-hydrogen) atoms. The second-order valence-electron chi connectivity index (χ2n) is 4.93. The minimum Gasteiger partial charge on any atom is -0.381 e. The van der Waals surface area contributed by atoms with E-state index in [2.05, 4.69) is 82.4 Å². The molecule has 0 atom stereocenters. The van der Waals surface area contributed by atoms with Crippen molar-refractivity contribution in [3.8, 4) is 5.69 Å². The quantitative estimate of drug-likeness (QED) is 0.671. The van der Waals surface area contributed by atoms with Crippen LogP contribution in [-0.4, -0.2) is 9.78 Å². The Hall–Kier alpha value is -1.82. The number of rotatable bonds is 4. The van der Waals surface area contributed by atoms with Crippen LogP contribution in [0.5, 0.6) is 0 Å². The molecule has 0 unspecified atom stereocenters. The van der Waals surface area contributed by atoms with Gasteiger partial charge >= 0.3 is 0 Å². The molecular formula is C17H16IN3. The fourth-order valence-corrected chi connectivity index (χ4v) is 2.86. The molecule has 3 nitrogen and oxygen atoms in total. The lowest BCUT2D eigenvalue weighted by Crippen LogP contribution is -2.02. The van der Waals surface area contributed by atoms with Gasteiger partial charge in [-0.15, -0.1) is 0 Å². The molecule has 0 saturated heterocycles. The van der Waals surface area contributed by atoms with Crippen molar-refractivity contribution < 1.29 is 0 Å². The Kier molecular flexibility index (Phi) is 4.24. The standard InChI is InChI=1S/C17H16IN3/c1-13-11-15(18)5-8-17(13)19-12-14-3-6-16(7-4-14)21-10-2-9-20-21/h2-11,19H,12H2,1H3. The molecule has 0 fully saturated rings. The molecule has 0 spiro atoms. The summed E-state index contributed by atoms with van der Waals surface area (Å²) in [5.41, 5.74) is 4.79. The third-order valence-corrected chi connectivity index (χ3v) is 4.05. The predicted octanol–water partition coefficient (Wildman–Crippen LogP) is 4.40. The van der Waals surface area contributed by atoms with Crippen LogP contribution in [0.25, 0.3) is 5.69 Å². The first kappa shape index (κ1) is 14.1. The molecule has 0 aliphatic heterocycles. The highest BCUT2D eigenvalue weighted by molar-refractivity contribution is 14.1. The van der Waals surface area contributed by atoms with Crippen molar-refractivity contribution in [2.24, 2.45) is 0 Å². The number of benzene rings is 2. The van der Waals surface area contributed by atoms with E-state index >= 15 is 0 Å². The molecule has 0 aliphatic carbocycles. The van der Waals surface area contributed by atoms with Crippen LogP contribution in [-0.2, 0) is 6.54 Å². The van der Waals surface area contributed by atoms with Crippen LogP contribution in [0.1, 0.15) is 11.1 Å². The summed E-state index contributed by atoms with van der Waals surface area (Å²) >= 11 is 2.33. The summed E-state index contributed by atoms with van der Waals surface area (Å²) in [6, 6.07) is 16.8. The molecule has 1 heterocycles. The van der Waals surface area contributed by atoms with Gasteiger partial charge in [-0.1, -0.05) is 12.1 Å². The Morgan fingerprint density at radius 2 is 1.95 bits per heavy atom. The van der Waals surface area contributed by atoms with Crippen LogP contribution < -0.4 is 5.32 Å². The monoisotopic (exact) mass is 389 g/mol. The van der Waals surface area contributed by atoms with Gasteiger partial charge in [-0.25, -0.2) is 4.68 Å². The number of hydrogen-bond donors (Lipinski definition) is 1. The fourth-order valence-electron chi connectivity index (χ4n) is 2.21. The average Bonchev–Trinajstić information content (AvgIpc) is 3.01. The van der Waals surface area contributed by atoms with E-state index in [1.165, 1.54) is 20.4 Å². The van der Waals surface area contributed by atoms with Crippen LogP contribution in [0.3, 0.4) is 0 Å². The summed E-state index contributed by atoms with van der Waals surface area (Å²) in [6.45, 7) is 2.95. The van der Waals surface area contributed by atoms with Crippen molar-refractivity contribution >= 4 is 28.3 Å². The zero-order valence-corrected chi connectivity index (χ0v) is 13.9. The molecule has 3 aromatic rings.